The Morgan fingerprint density at radius 3 is 2.14 bits per heavy atom. The number of benzene rings is 2. The predicted molar refractivity (Wildman–Crippen MR) is 113 cm³/mol. The summed E-state index contributed by atoms with van der Waals surface area (Å²) in [4.78, 5) is 7.56. The molecule has 0 radical (unpaired) electrons. The Labute approximate surface area is 170 Å². The molecule has 148 valence electrons. The van der Waals surface area contributed by atoms with Gasteiger partial charge in [0.25, 0.3) is 0 Å². The third-order valence-corrected chi connectivity index (χ3v) is 5.63. The molecular formula is C22H26N2O3S. The number of aromatic nitrogens is 2. The molecule has 0 bridgehead atoms. The molecule has 1 heterocycles. The first-order valence-electron chi connectivity index (χ1n) is 9.20. The zero-order valence-electron chi connectivity index (χ0n) is 16.3. The van der Waals surface area contributed by atoms with Crippen molar-refractivity contribution >= 4 is 11.8 Å². The number of H-pyrrole nitrogens is 1. The molecule has 3 aromatic rings. The van der Waals surface area contributed by atoms with E-state index in [2.05, 4.69) is 22.1 Å². The number of hydrogen-bond donors (Lipinski definition) is 1. The van der Waals surface area contributed by atoms with Crippen molar-refractivity contribution in [3.63, 3.8) is 0 Å². The Hall–Kier alpha value is -2.44. The van der Waals surface area contributed by atoms with Gasteiger partial charge < -0.3 is 19.2 Å². The molecular weight excluding hydrogens is 372 g/mol. The smallest absolute Gasteiger partial charge is 0.118 e. The number of nitrogens with zero attached hydrogens (tertiary/aromatic N) is 1. The SMILES string of the molecule is COc1ccc(COCC(Cc2ncc[nH]2)SCc2ccc(OC)cc2)cc1. The van der Waals surface area contributed by atoms with Crippen molar-refractivity contribution in [2.24, 2.45) is 0 Å². The Balaban J connectivity index is 1.53. The maximum atomic E-state index is 6.01. The molecule has 2 aromatic carbocycles. The molecule has 0 saturated heterocycles. The van der Waals surface area contributed by atoms with E-state index in [9.17, 15) is 0 Å². The van der Waals surface area contributed by atoms with Crippen molar-refractivity contribution in [2.45, 2.75) is 24.0 Å². The Kier molecular flexibility index (Phi) is 7.82. The van der Waals surface area contributed by atoms with Crippen LogP contribution in [0.25, 0.3) is 0 Å². The lowest BCUT2D eigenvalue weighted by Crippen LogP contribution is -2.16. The number of thioether (sulfide) groups is 1. The van der Waals surface area contributed by atoms with E-state index in [0.29, 0.717) is 18.5 Å². The van der Waals surface area contributed by atoms with E-state index in [-0.39, 0.29) is 0 Å². The number of rotatable bonds is 11. The average molecular weight is 399 g/mol. The summed E-state index contributed by atoms with van der Waals surface area (Å²) in [5, 5.41) is 0.312. The molecule has 0 aliphatic rings. The van der Waals surface area contributed by atoms with Crippen LogP contribution in [0, 0.1) is 0 Å². The van der Waals surface area contributed by atoms with Gasteiger partial charge in [0.2, 0.25) is 0 Å². The fourth-order valence-electron chi connectivity index (χ4n) is 2.76. The summed E-state index contributed by atoms with van der Waals surface area (Å²) in [6.45, 7) is 1.25. The predicted octanol–water partition coefficient (Wildman–Crippen LogP) is 4.49. The topological polar surface area (TPSA) is 56.4 Å². The highest BCUT2D eigenvalue weighted by Crippen LogP contribution is 2.23. The van der Waals surface area contributed by atoms with Crippen molar-refractivity contribution in [1.82, 2.24) is 9.97 Å². The summed E-state index contributed by atoms with van der Waals surface area (Å²) >= 11 is 1.88. The van der Waals surface area contributed by atoms with Crippen molar-refractivity contribution in [1.29, 1.82) is 0 Å². The minimum absolute atomic E-state index is 0.312. The summed E-state index contributed by atoms with van der Waals surface area (Å²) in [6.07, 6.45) is 4.49. The highest BCUT2D eigenvalue weighted by molar-refractivity contribution is 7.99. The molecule has 0 fully saturated rings. The lowest BCUT2D eigenvalue weighted by atomic mass is 10.2. The van der Waals surface area contributed by atoms with E-state index in [1.54, 1.807) is 20.4 Å². The van der Waals surface area contributed by atoms with Gasteiger partial charge in [-0.25, -0.2) is 4.98 Å². The first-order valence-corrected chi connectivity index (χ1v) is 10.2. The quantitative estimate of drug-likeness (QED) is 0.516. The number of ether oxygens (including phenoxy) is 3. The van der Waals surface area contributed by atoms with E-state index in [1.165, 1.54) is 5.56 Å². The molecule has 0 amide bonds. The zero-order valence-corrected chi connectivity index (χ0v) is 17.1. The molecule has 1 atom stereocenters. The van der Waals surface area contributed by atoms with Crippen molar-refractivity contribution in [3.05, 3.63) is 77.9 Å². The number of methoxy groups -OCH3 is 2. The summed E-state index contributed by atoms with van der Waals surface area (Å²) < 4.78 is 16.4. The first-order chi connectivity index (χ1) is 13.8. The molecule has 1 unspecified atom stereocenters. The van der Waals surface area contributed by atoms with Gasteiger partial charge in [-0.15, -0.1) is 0 Å². The van der Waals surface area contributed by atoms with E-state index >= 15 is 0 Å². The average Bonchev–Trinajstić information content (AvgIpc) is 3.26. The lowest BCUT2D eigenvalue weighted by Gasteiger charge is -2.16. The second-order valence-corrected chi connectivity index (χ2v) is 7.67. The molecule has 6 heteroatoms. The molecule has 3 rings (SSSR count). The van der Waals surface area contributed by atoms with Crippen LogP contribution in [0.4, 0.5) is 0 Å². The third-order valence-electron chi connectivity index (χ3n) is 4.35. The number of hydrogen-bond acceptors (Lipinski definition) is 5. The van der Waals surface area contributed by atoms with Crippen LogP contribution < -0.4 is 9.47 Å². The van der Waals surface area contributed by atoms with E-state index in [0.717, 1.165) is 35.1 Å². The van der Waals surface area contributed by atoms with Gasteiger partial charge in [0.15, 0.2) is 0 Å². The summed E-state index contributed by atoms with van der Waals surface area (Å²) in [7, 11) is 3.36. The van der Waals surface area contributed by atoms with Gasteiger partial charge in [-0.05, 0) is 35.4 Å². The van der Waals surface area contributed by atoms with Crippen LogP contribution in [0.15, 0.2) is 60.9 Å². The Bertz CT molecular complexity index is 805. The lowest BCUT2D eigenvalue weighted by molar-refractivity contribution is 0.121. The molecule has 0 spiro atoms. The largest absolute Gasteiger partial charge is 0.497 e. The van der Waals surface area contributed by atoms with Crippen molar-refractivity contribution in [3.8, 4) is 11.5 Å². The standard InChI is InChI=1S/C22H26N2O3S/c1-25-19-7-3-17(4-8-19)14-27-15-21(13-22-23-11-12-24-22)28-16-18-5-9-20(26-2)10-6-18/h3-12,21H,13-16H2,1-2H3,(H,23,24). The van der Waals surface area contributed by atoms with Crippen LogP contribution >= 0.6 is 11.8 Å². The van der Waals surface area contributed by atoms with Crippen LogP contribution in [-0.2, 0) is 23.5 Å². The number of nitrogens with one attached hydrogen (secondary N) is 1. The van der Waals surface area contributed by atoms with Crippen LogP contribution in [0.3, 0.4) is 0 Å². The molecule has 0 aliphatic heterocycles. The fraction of sp³-hybridized carbons (Fsp3) is 0.318. The number of aromatic amines is 1. The highest BCUT2D eigenvalue weighted by atomic mass is 32.2. The molecule has 28 heavy (non-hydrogen) atoms. The molecule has 1 aromatic heterocycles. The number of imidazole rings is 1. The fourth-order valence-corrected chi connectivity index (χ4v) is 3.85. The second kappa shape index (κ2) is 10.8. The molecule has 0 aliphatic carbocycles. The summed E-state index contributed by atoms with van der Waals surface area (Å²) in [5.74, 6) is 3.64. The minimum atomic E-state index is 0.312. The van der Waals surface area contributed by atoms with E-state index in [1.807, 2.05) is 54.4 Å². The molecule has 0 saturated carbocycles. The second-order valence-electron chi connectivity index (χ2n) is 6.38. The molecule has 5 nitrogen and oxygen atoms in total. The van der Waals surface area contributed by atoms with Gasteiger partial charge in [-0.1, -0.05) is 24.3 Å². The monoisotopic (exact) mass is 398 g/mol. The Morgan fingerprint density at radius 1 is 0.929 bits per heavy atom. The third kappa shape index (κ3) is 6.32. The van der Waals surface area contributed by atoms with Crippen LogP contribution in [0.2, 0.25) is 0 Å². The van der Waals surface area contributed by atoms with Gasteiger partial charge in [-0.3, -0.25) is 0 Å². The van der Waals surface area contributed by atoms with Crippen molar-refractivity contribution < 1.29 is 14.2 Å². The minimum Gasteiger partial charge on any atom is -0.497 e. The van der Waals surface area contributed by atoms with Gasteiger partial charge in [-0.2, -0.15) is 11.8 Å². The summed E-state index contributed by atoms with van der Waals surface area (Å²) in [6, 6.07) is 16.2. The van der Waals surface area contributed by atoms with Crippen LogP contribution in [0.5, 0.6) is 11.5 Å². The summed E-state index contributed by atoms with van der Waals surface area (Å²) in [5.41, 5.74) is 2.41. The molecule has 1 N–H and O–H groups in total. The van der Waals surface area contributed by atoms with Gasteiger partial charge >= 0.3 is 0 Å². The van der Waals surface area contributed by atoms with Crippen molar-refractivity contribution in [2.75, 3.05) is 20.8 Å². The normalized spacial score (nSPS) is 11.9. The first kappa shape index (κ1) is 20.3. The van der Waals surface area contributed by atoms with Crippen LogP contribution in [0.1, 0.15) is 17.0 Å². The van der Waals surface area contributed by atoms with E-state index < -0.39 is 0 Å². The Morgan fingerprint density at radius 2 is 1.57 bits per heavy atom. The maximum Gasteiger partial charge on any atom is 0.118 e. The zero-order chi connectivity index (χ0) is 19.6. The van der Waals surface area contributed by atoms with Crippen LogP contribution in [-0.4, -0.2) is 36.0 Å². The maximum absolute atomic E-state index is 6.01. The highest BCUT2D eigenvalue weighted by Gasteiger charge is 2.13. The van der Waals surface area contributed by atoms with Gasteiger partial charge in [0.05, 0.1) is 27.4 Å². The van der Waals surface area contributed by atoms with Gasteiger partial charge in [0.1, 0.15) is 17.3 Å². The van der Waals surface area contributed by atoms with Gasteiger partial charge in [0, 0.05) is 29.8 Å². The van der Waals surface area contributed by atoms with E-state index in [4.69, 9.17) is 14.2 Å².